The fourth-order valence-electron chi connectivity index (χ4n) is 2.83. The van der Waals surface area contributed by atoms with Crippen molar-refractivity contribution in [2.75, 3.05) is 21.3 Å². The van der Waals surface area contributed by atoms with Gasteiger partial charge in [-0.05, 0) is 53.1 Å². The molecule has 0 saturated heterocycles. The van der Waals surface area contributed by atoms with Gasteiger partial charge in [-0.15, -0.1) is 11.8 Å². The molecule has 0 bridgehead atoms. The Morgan fingerprint density at radius 1 is 0.784 bits per heavy atom. The SMILES string of the molecule is C.C.COC(=O)c1ccc(CF)c(Br)c1.COC(=O)c1ccc(CF)c(SCc2ccc(OC)cc2)c1. The van der Waals surface area contributed by atoms with Gasteiger partial charge in [-0.25, -0.2) is 18.4 Å². The first-order valence-electron chi connectivity index (χ1n) is 10.3. The van der Waals surface area contributed by atoms with Crippen molar-refractivity contribution < 1.29 is 32.6 Å². The lowest BCUT2D eigenvalue weighted by Gasteiger charge is -2.09. The number of ether oxygens (including phenoxy) is 3. The molecule has 9 heteroatoms. The van der Waals surface area contributed by atoms with Crippen molar-refractivity contribution in [1.29, 1.82) is 0 Å². The van der Waals surface area contributed by atoms with E-state index in [4.69, 9.17) is 9.47 Å². The number of carbonyl (C=O) groups is 2. The Kier molecular flexibility index (Phi) is 16.2. The Morgan fingerprint density at radius 2 is 1.30 bits per heavy atom. The van der Waals surface area contributed by atoms with Gasteiger partial charge in [-0.3, -0.25) is 0 Å². The summed E-state index contributed by atoms with van der Waals surface area (Å²) in [6.07, 6.45) is 0. The molecular weight excluding hydrogens is 566 g/mol. The molecule has 0 N–H and O–H groups in total. The molecule has 0 fully saturated rings. The zero-order chi connectivity index (χ0) is 25.8. The topological polar surface area (TPSA) is 61.8 Å². The van der Waals surface area contributed by atoms with Crippen LogP contribution in [0.1, 0.15) is 52.3 Å². The molecule has 0 spiro atoms. The second-order valence-electron chi connectivity index (χ2n) is 7.02. The van der Waals surface area contributed by atoms with Crippen LogP contribution in [0.2, 0.25) is 0 Å². The molecule has 0 atom stereocenters. The number of carbonyl (C=O) groups excluding carboxylic acids is 2. The standard InChI is InChI=1S/C17H17FO3S.C9H8BrFO2.2CH4/c1-20-15-7-3-12(4-8-15)11-22-16-9-13(17(19)21-2)5-6-14(16)10-18;1-13-9(12)6-2-3-7(5-11)8(10)4-6;;/h3-9H,10-11H2,1-2H3;2-4H,5H2,1H3;2*1H4. The minimum Gasteiger partial charge on any atom is -0.497 e. The van der Waals surface area contributed by atoms with Crippen molar-refractivity contribution in [1.82, 2.24) is 0 Å². The van der Waals surface area contributed by atoms with Crippen LogP contribution in [0.15, 0.2) is 70.0 Å². The number of benzene rings is 3. The summed E-state index contributed by atoms with van der Waals surface area (Å²) in [6, 6.07) is 17.2. The normalized spacial score (nSPS) is 9.57. The lowest BCUT2D eigenvalue weighted by molar-refractivity contribution is 0.0591. The largest absolute Gasteiger partial charge is 0.497 e. The number of rotatable bonds is 8. The highest BCUT2D eigenvalue weighted by atomic mass is 79.9. The summed E-state index contributed by atoms with van der Waals surface area (Å²) in [5, 5.41) is 0. The molecule has 0 aliphatic heterocycles. The van der Waals surface area contributed by atoms with Gasteiger partial charge in [0.2, 0.25) is 0 Å². The number of hydrogen-bond acceptors (Lipinski definition) is 6. The van der Waals surface area contributed by atoms with E-state index in [0.29, 0.717) is 32.5 Å². The minimum atomic E-state index is -0.563. The third kappa shape index (κ3) is 10.2. The quantitative estimate of drug-likeness (QED) is 0.192. The Bertz CT molecular complexity index is 1140. The van der Waals surface area contributed by atoms with E-state index >= 15 is 0 Å². The van der Waals surface area contributed by atoms with Crippen molar-refractivity contribution in [3.8, 4) is 5.75 Å². The predicted octanol–water partition coefficient (Wildman–Crippen LogP) is 8.22. The molecule has 37 heavy (non-hydrogen) atoms. The summed E-state index contributed by atoms with van der Waals surface area (Å²) < 4.78 is 40.2. The van der Waals surface area contributed by atoms with Crippen LogP contribution in [0.3, 0.4) is 0 Å². The smallest absolute Gasteiger partial charge is 0.337 e. The number of thioether (sulfide) groups is 1. The monoisotopic (exact) mass is 598 g/mol. The van der Waals surface area contributed by atoms with Gasteiger partial charge in [0.15, 0.2) is 0 Å². The average molecular weight is 600 g/mol. The fourth-order valence-corrected chi connectivity index (χ4v) is 4.35. The highest BCUT2D eigenvalue weighted by Gasteiger charge is 2.11. The summed E-state index contributed by atoms with van der Waals surface area (Å²) in [5.41, 5.74) is 3.03. The minimum absolute atomic E-state index is 0. The molecule has 3 aromatic rings. The summed E-state index contributed by atoms with van der Waals surface area (Å²) >= 11 is 4.65. The molecule has 0 amide bonds. The van der Waals surface area contributed by atoms with E-state index in [1.54, 1.807) is 37.4 Å². The van der Waals surface area contributed by atoms with Gasteiger partial charge in [0, 0.05) is 15.1 Å². The molecule has 5 nitrogen and oxygen atoms in total. The fraction of sp³-hybridized carbons (Fsp3) is 0.286. The van der Waals surface area contributed by atoms with Crippen LogP contribution in [0.5, 0.6) is 5.75 Å². The van der Waals surface area contributed by atoms with Gasteiger partial charge >= 0.3 is 11.9 Å². The third-order valence-corrected chi connectivity index (χ3v) is 6.71. The molecule has 0 saturated carbocycles. The van der Waals surface area contributed by atoms with Crippen LogP contribution in [0, 0.1) is 0 Å². The van der Waals surface area contributed by atoms with Gasteiger partial charge in [0.05, 0.1) is 32.5 Å². The maximum Gasteiger partial charge on any atom is 0.337 e. The van der Waals surface area contributed by atoms with E-state index in [-0.39, 0.29) is 14.9 Å². The number of hydrogen-bond donors (Lipinski definition) is 0. The molecule has 3 aromatic carbocycles. The molecule has 0 unspecified atom stereocenters. The van der Waals surface area contributed by atoms with E-state index in [2.05, 4.69) is 20.7 Å². The van der Waals surface area contributed by atoms with Crippen LogP contribution >= 0.6 is 27.7 Å². The van der Waals surface area contributed by atoms with Crippen LogP contribution in [0.25, 0.3) is 0 Å². The second kappa shape index (κ2) is 17.5. The zero-order valence-electron chi connectivity index (χ0n) is 19.5. The average Bonchev–Trinajstić information content (AvgIpc) is 2.91. The van der Waals surface area contributed by atoms with Crippen LogP contribution in [-0.4, -0.2) is 33.3 Å². The van der Waals surface area contributed by atoms with E-state index in [1.807, 2.05) is 24.3 Å². The van der Waals surface area contributed by atoms with Crippen LogP contribution in [0.4, 0.5) is 8.78 Å². The molecule has 0 heterocycles. The van der Waals surface area contributed by atoms with Gasteiger partial charge in [0.1, 0.15) is 19.1 Å². The maximum absolute atomic E-state index is 13.1. The summed E-state index contributed by atoms with van der Waals surface area (Å²) in [5.74, 6) is 0.635. The van der Waals surface area contributed by atoms with Crippen molar-refractivity contribution in [3.63, 3.8) is 0 Å². The Labute approximate surface area is 230 Å². The van der Waals surface area contributed by atoms with E-state index < -0.39 is 25.3 Å². The molecule has 202 valence electrons. The highest BCUT2D eigenvalue weighted by molar-refractivity contribution is 9.10. The lowest BCUT2D eigenvalue weighted by Crippen LogP contribution is -2.02. The molecule has 0 radical (unpaired) electrons. The van der Waals surface area contributed by atoms with Crippen molar-refractivity contribution in [3.05, 3.63) is 93.0 Å². The number of esters is 2. The van der Waals surface area contributed by atoms with Gasteiger partial charge < -0.3 is 14.2 Å². The van der Waals surface area contributed by atoms with Crippen LogP contribution < -0.4 is 4.74 Å². The molecule has 3 rings (SSSR count). The molecule has 0 aromatic heterocycles. The first-order valence-corrected chi connectivity index (χ1v) is 12.1. The van der Waals surface area contributed by atoms with Gasteiger partial charge in [-0.2, -0.15) is 0 Å². The first kappa shape index (κ1) is 34.1. The third-order valence-electron chi connectivity index (χ3n) is 4.80. The zero-order valence-corrected chi connectivity index (χ0v) is 21.9. The van der Waals surface area contributed by atoms with Crippen molar-refractivity contribution in [2.45, 2.75) is 38.9 Å². The summed E-state index contributed by atoms with van der Waals surface area (Å²) in [4.78, 5) is 23.4. The van der Waals surface area contributed by atoms with Crippen LogP contribution in [-0.2, 0) is 28.6 Å². The number of alkyl halides is 2. The maximum atomic E-state index is 13.1. The number of methoxy groups -OCH3 is 3. The first-order chi connectivity index (χ1) is 16.9. The van der Waals surface area contributed by atoms with Gasteiger partial charge in [0.25, 0.3) is 0 Å². The van der Waals surface area contributed by atoms with Crippen molar-refractivity contribution >= 4 is 39.6 Å². The van der Waals surface area contributed by atoms with Crippen molar-refractivity contribution in [2.24, 2.45) is 0 Å². The predicted molar refractivity (Wildman–Crippen MR) is 149 cm³/mol. The Morgan fingerprint density at radius 3 is 1.76 bits per heavy atom. The molecular formula is C28H33BrF2O5S. The van der Waals surface area contributed by atoms with E-state index in [0.717, 1.165) is 16.2 Å². The second-order valence-corrected chi connectivity index (χ2v) is 8.89. The summed E-state index contributed by atoms with van der Waals surface area (Å²) in [7, 11) is 4.25. The Hall–Kier alpha value is -2.91. The highest BCUT2D eigenvalue weighted by Crippen LogP contribution is 2.29. The van der Waals surface area contributed by atoms with E-state index in [1.165, 1.54) is 32.0 Å². The molecule has 0 aliphatic rings. The Balaban J connectivity index is 0.000000747. The summed E-state index contributed by atoms with van der Waals surface area (Å²) in [6.45, 7) is -1.12. The lowest BCUT2D eigenvalue weighted by atomic mass is 10.1. The van der Waals surface area contributed by atoms with Gasteiger partial charge in [-0.1, -0.05) is 55.0 Å². The molecule has 0 aliphatic carbocycles. The number of halogens is 3. The van der Waals surface area contributed by atoms with E-state index in [9.17, 15) is 18.4 Å².